The molecule has 0 aromatic heterocycles. The molecule has 94 valence electrons. The lowest BCUT2D eigenvalue weighted by molar-refractivity contribution is 0.598. The average molecular weight is 320 g/mol. The maximum Gasteiger partial charge on any atom is 0.238 e. The summed E-state index contributed by atoms with van der Waals surface area (Å²) >= 11 is 3.34. The van der Waals surface area contributed by atoms with Crippen LogP contribution in [0.1, 0.15) is 6.42 Å². The topological polar surface area (TPSA) is 84.2 Å². The van der Waals surface area contributed by atoms with Crippen LogP contribution in [0.5, 0.6) is 0 Å². The fraction of sp³-hybridized carbons (Fsp3) is 0.400. The lowest BCUT2D eigenvalue weighted by atomic mass is 10.2. The summed E-state index contributed by atoms with van der Waals surface area (Å²) in [5, 5.41) is 11.7. The fourth-order valence-corrected chi connectivity index (χ4v) is 2.97. The first kappa shape index (κ1) is 12.8. The molecular weight excluding hydrogens is 306 g/mol. The number of hydrogen-bond acceptors (Lipinski definition) is 4. The van der Waals surface area contributed by atoms with Crippen LogP contribution in [0, 0.1) is 0 Å². The van der Waals surface area contributed by atoms with Gasteiger partial charge in [-0.25, -0.2) is 13.6 Å². The van der Waals surface area contributed by atoms with Crippen molar-refractivity contribution in [2.45, 2.75) is 17.4 Å². The fourth-order valence-electron chi connectivity index (χ4n) is 1.79. The van der Waals surface area contributed by atoms with E-state index in [1.54, 1.807) is 6.07 Å². The van der Waals surface area contributed by atoms with Crippen LogP contribution in [0.25, 0.3) is 0 Å². The Labute approximate surface area is 109 Å². The Morgan fingerprint density at radius 2 is 2.24 bits per heavy atom. The van der Waals surface area contributed by atoms with E-state index >= 15 is 0 Å². The standard InChI is InChI=1S/C10H14BrN3O2S/c11-9-5-8(17(12,15)16)1-2-10(9)14-7-3-4-13-6-7/h1-2,5,7,13-14H,3-4,6H2,(H2,12,15,16). The van der Waals surface area contributed by atoms with Crippen molar-refractivity contribution >= 4 is 31.6 Å². The van der Waals surface area contributed by atoms with Gasteiger partial charge >= 0.3 is 0 Å². The molecule has 0 spiro atoms. The maximum atomic E-state index is 11.2. The van der Waals surface area contributed by atoms with E-state index in [0.29, 0.717) is 10.5 Å². The minimum Gasteiger partial charge on any atom is -0.380 e. The van der Waals surface area contributed by atoms with Gasteiger partial charge in [-0.1, -0.05) is 0 Å². The van der Waals surface area contributed by atoms with Crippen molar-refractivity contribution in [1.82, 2.24) is 5.32 Å². The van der Waals surface area contributed by atoms with Gasteiger partial charge in [-0.05, 0) is 47.1 Å². The SMILES string of the molecule is NS(=O)(=O)c1ccc(NC2CCNC2)c(Br)c1. The summed E-state index contributed by atoms with van der Waals surface area (Å²) in [7, 11) is -3.64. The van der Waals surface area contributed by atoms with Gasteiger partial charge in [0.1, 0.15) is 0 Å². The molecule has 1 aliphatic rings. The van der Waals surface area contributed by atoms with Gasteiger partial charge in [0.2, 0.25) is 10.0 Å². The van der Waals surface area contributed by atoms with E-state index in [9.17, 15) is 8.42 Å². The van der Waals surface area contributed by atoms with Gasteiger partial charge in [0.15, 0.2) is 0 Å². The van der Waals surface area contributed by atoms with E-state index in [1.165, 1.54) is 12.1 Å². The van der Waals surface area contributed by atoms with Crippen LogP contribution in [-0.4, -0.2) is 27.5 Å². The number of nitrogens with two attached hydrogens (primary N) is 1. The van der Waals surface area contributed by atoms with E-state index < -0.39 is 10.0 Å². The molecule has 1 aromatic rings. The summed E-state index contributed by atoms with van der Waals surface area (Å²) in [5.41, 5.74) is 0.881. The molecule has 0 radical (unpaired) electrons. The van der Waals surface area contributed by atoms with E-state index in [0.717, 1.165) is 25.2 Å². The summed E-state index contributed by atoms with van der Waals surface area (Å²) in [6.45, 7) is 1.92. The minimum absolute atomic E-state index is 0.111. The minimum atomic E-state index is -3.64. The van der Waals surface area contributed by atoms with Gasteiger partial charge in [0, 0.05) is 22.7 Å². The van der Waals surface area contributed by atoms with Crippen molar-refractivity contribution < 1.29 is 8.42 Å². The van der Waals surface area contributed by atoms with Gasteiger partial charge in [0.05, 0.1) is 4.90 Å². The Morgan fingerprint density at radius 3 is 2.76 bits per heavy atom. The number of hydrogen-bond donors (Lipinski definition) is 3. The lowest BCUT2D eigenvalue weighted by Crippen LogP contribution is -2.22. The van der Waals surface area contributed by atoms with Crippen LogP contribution in [0.4, 0.5) is 5.69 Å². The number of sulfonamides is 1. The van der Waals surface area contributed by atoms with Crippen molar-refractivity contribution in [3.05, 3.63) is 22.7 Å². The molecule has 2 rings (SSSR count). The number of primary sulfonamides is 1. The molecule has 1 atom stereocenters. The van der Waals surface area contributed by atoms with Gasteiger partial charge in [-0.2, -0.15) is 0 Å². The quantitative estimate of drug-likeness (QED) is 0.772. The van der Waals surface area contributed by atoms with Crippen molar-refractivity contribution in [2.75, 3.05) is 18.4 Å². The van der Waals surface area contributed by atoms with Crippen molar-refractivity contribution in [3.63, 3.8) is 0 Å². The van der Waals surface area contributed by atoms with Crippen LogP contribution < -0.4 is 15.8 Å². The Hall–Kier alpha value is -0.630. The maximum absolute atomic E-state index is 11.2. The summed E-state index contributed by atoms with van der Waals surface area (Å²) in [6.07, 6.45) is 1.06. The predicted octanol–water partition coefficient (Wildman–Crippen LogP) is 0.870. The highest BCUT2D eigenvalue weighted by Gasteiger charge is 2.16. The Bertz CT molecular complexity index is 512. The summed E-state index contributed by atoms with van der Waals surface area (Å²) in [4.78, 5) is 0.111. The lowest BCUT2D eigenvalue weighted by Gasteiger charge is -2.14. The zero-order chi connectivity index (χ0) is 12.5. The van der Waals surface area contributed by atoms with Gasteiger partial charge in [-0.3, -0.25) is 0 Å². The molecule has 1 unspecified atom stereocenters. The Morgan fingerprint density at radius 1 is 1.47 bits per heavy atom. The second-order valence-corrected chi connectivity index (χ2v) is 6.44. The van der Waals surface area contributed by atoms with Crippen LogP contribution in [0.15, 0.2) is 27.6 Å². The number of nitrogens with one attached hydrogen (secondary N) is 2. The van der Waals surface area contributed by atoms with Gasteiger partial charge < -0.3 is 10.6 Å². The third kappa shape index (κ3) is 3.19. The molecule has 5 nitrogen and oxygen atoms in total. The summed E-state index contributed by atoms with van der Waals surface area (Å²) in [6, 6.07) is 5.12. The molecule has 0 bridgehead atoms. The molecule has 7 heteroatoms. The molecule has 4 N–H and O–H groups in total. The highest BCUT2D eigenvalue weighted by molar-refractivity contribution is 9.10. The molecule has 1 saturated heterocycles. The second kappa shape index (κ2) is 4.93. The smallest absolute Gasteiger partial charge is 0.238 e. The largest absolute Gasteiger partial charge is 0.380 e. The van der Waals surface area contributed by atoms with E-state index in [-0.39, 0.29) is 4.90 Å². The first-order valence-electron chi connectivity index (χ1n) is 5.26. The number of anilines is 1. The van der Waals surface area contributed by atoms with Gasteiger partial charge in [-0.15, -0.1) is 0 Å². The van der Waals surface area contributed by atoms with E-state index in [2.05, 4.69) is 26.6 Å². The molecule has 0 amide bonds. The van der Waals surface area contributed by atoms with Crippen LogP contribution in [-0.2, 0) is 10.0 Å². The van der Waals surface area contributed by atoms with Crippen molar-refractivity contribution in [3.8, 4) is 0 Å². The van der Waals surface area contributed by atoms with Crippen LogP contribution in [0.2, 0.25) is 0 Å². The number of halogens is 1. The molecule has 1 fully saturated rings. The van der Waals surface area contributed by atoms with Crippen LogP contribution >= 0.6 is 15.9 Å². The molecule has 0 saturated carbocycles. The summed E-state index contributed by atoms with van der Waals surface area (Å²) in [5.74, 6) is 0. The first-order chi connectivity index (χ1) is 7.97. The predicted molar refractivity (Wildman–Crippen MR) is 70.4 cm³/mol. The molecule has 1 aliphatic heterocycles. The molecule has 1 heterocycles. The van der Waals surface area contributed by atoms with Crippen molar-refractivity contribution in [1.29, 1.82) is 0 Å². The molecular formula is C10H14BrN3O2S. The normalized spacial score (nSPS) is 20.5. The highest BCUT2D eigenvalue weighted by Crippen LogP contribution is 2.26. The Kier molecular flexibility index (Phi) is 3.72. The zero-order valence-electron chi connectivity index (χ0n) is 9.11. The average Bonchev–Trinajstić information content (AvgIpc) is 2.72. The molecule has 1 aromatic carbocycles. The summed E-state index contributed by atoms with van der Waals surface area (Å²) < 4.78 is 23.0. The monoisotopic (exact) mass is 319 g/mol. The second-order valence-electron chi connectivity index (χ2n) is 4.02. The first-order valence-corrected chi connectivity index (χ1v) is 7.60. The van der Waals surface area contributed by atoms with Crippen molar-refractivity contribution in [2.24, 2.45) is 5.14 Å². The number of rotatable bonds is 3. The van der Waals surface area contributed by atoms with E-state index in [4.69, 9.17) is 5.14 Å². The van der Waals surface area contributed by atoms with Crippen LogP contribution in [0.3, 0.4) is 0 Å². The molecule has 17 heavy (non-hydrogen) atoms. The van der Waals surface area contributed by atoms with Gasteiger partial charge in [0.25, 0.3) is 0 Å². The number of benzene rings is 1. The third-order valence-electron chi connectivity index (χ3n) is 2.69. The highest BCUT2D eigenvalue weighted by atomic mass is 79.9. The van der Waals surface area contributed by atoms with E-state index in [1.807, 2.05) is 0 Å². The third-order valence-corrected chi connectivity index (χ3v) is 4.26. The zero-order valence-corrected chi connectivity index (χ0v) is 11.5. The molecule has 0 aliphatic carbocycles. The Balaban J connectivity index is 2.19.